The third-order valence-electron chi connectivity index (χ3n) is 1.30. The average molecular weight is 209 g/mol. The molecule has 0 amide bonds. The topological polar surface area (TPSA) is 0 Å². The Morgan fingerprint density at radius 1 is 1.27 bits per heavy atom. The molecular weight excluding hydrogens is 199 g/mol. The SMILES string of the molecule is C#CC[Se]Cc1ccccc1. The van der Waals surface area contributed by atoms with Crippen LogP contribution in [0.5, 0.6) is 0 Å². The molecule has 1 aromatic rings. The molecule has 0 saturated carbocycles. The van der Waals surface area contributed by atoms with Crippen LogP contribution in [0.3, 0.4) is 0 Å². The summed E-state index contributed by atoms with van der Waals surface area (Å²) in [4.78, 5) is 0. The first-order chi connectivity index (χ1) is 5.43. The Kier molecular flexibility index (Phi) is 3.83. The standard InChI is InChI=1S/C10H10Se/c1-2-8-11-9-10-6-4-3-5-7-10/h1,3-7H,8-9H2. The van der Waals surface area contributed by atoms with Gasteiger partial charge in [-0.2, -0.15) is 0 Å². The van der Waals surface area contributed by atoms with Gasteiger partial charge in [0, 0.05) is 0 Å². The van der Waals surface area contributed by atoms with E-state index in [-0.39, 0.29) is 0 Å². The van der Waals surface area contributed by atoms with Crippen LogP contribution < -0.4 is 0 Å². The monoisotopic (exact) mass is 210 g/mol. The Balaban J connectivity index is 2.35. The summed E-state index contributed by atoms with van der Waals surface area (Å²) < 4.78 is 0. The summed E-state index contributed by atoms with van der Waals surface area (Å²) in [6.45, 7) is 0. The van der Waals surface area contributed by atoms with Crippen molar-refractivity contribution in [2.75, 3.05) is 0 Å². The van der Waals surface area contributed by atoms with E-state index >= 15 is 0 Å². The Hall–Kier alpha value is -0.701. The van der Waals surface area contributed by atoms with Gasteiger partial charge in [-0.15, -0.1) is 0 Å². The van der Waals surface area contributed by atoms with Crippen molar-refractivity contribution >= 4 is 15.0 Å². The molecule has 0 atom stereocenters. The van der Waals surface area contributed by atoms with E-state index in [0.29, 0.717) is 15.0 Å². The summed E-state index contributed by atoms with van der Waals surface area (Å²) in [6, 6.07) is 10.5. The van der Waals surface area contributed by atoms with Crippen LogP contribution in [0.25, 0.3) is 0 Å². The normalized spacial score (nSPS) is 9.00. The number of rotatable bonds is 3. The Labute approximate surface area is 74.2 Å². The van der Waals surface area contributed by atoms with Crippen molar-refractivity contribution < 1.29 is 0 Å². The summed E-state index contributed by atoms with van der Waals surface area (Å²) in [5, 5.41) is 2.11. The quantitative estimate of drug-likeness (QED) is 0.405. The summed E-state index contributed by atoms with van der Waals surface area (Å²) in [7, 11) is 0. The molecule has 0 bridgehead atoms. The molecule has 0 saturated heterocycles. The summed E-state index contributed by atoms with van der Waals surface area (Å²) in [5.74, 6) is 2.67. The first-order valence-electron chi connectivity index (χ1n) is 3.48. The van der Waals surface area contributed by atoms with Crippen LogP contribution >= 0.6 is 0 Å². The van der Waals surface area contributed by atoms with Gasteiger partial charge in [-0.3, -0.25) is 0 Å². The molecule has 0 nitrogen and oxygen atoms in total. The van der Waals surface area contributed by atoms with Gasteiger partial charge >= 0.3 is 73.8 Å². The molecule has 0 N–H and O–H groups in total. The molecule has 0 heterocycles. The van der Waals surface area contributed by atoms with Crippen LogP contribution in [-0.4, -0.2) is 15.0 Å². The number of hydrogen-bond acceptors (Lipinski definition) is 0. The second kappa shape index (κ2) is 5.02. The second-order valence-electron chi connectivity index (χ2n) is 2.18. The van der Waals surface area contributed by atoms with Gasteiger partial charge in [-0.05, 0) is 0 Å². The van der Waals surface area contributed by atoms with Crippen molar-refractivity contribution in [3.63, 3.8) is 0 Å². The van der Waals surface area contributed by atoms with Crippen molar-refractivity contribution in [2.24, 2.45) is 0 Å². The molecule has 1 rings (SSSR count). The van der Waals surface area contributed by atoms with E-state index in [1.54, 1.807) is 0 Å². The predicted octanol–water partition coefficient (Wildman–Crippen LogP) is 1.94. The van der Waals surface area contributed by atoms with E-state index in [4.69, 9.17) is 6.42 Å². The third kappa shape index (κ3) is 3.28. The summed E-state index contributed by atoms with van der Waals surface area (Å²) in [5.41, 5.74) is 1.41. The molecule has 11 heavy (non-hydrogen) atoms. The third-order valence-corrected chi connectivity index (χ3v) is 3.20. The molecule has 0 radical (unpaired) electrons. The molecule has 0 spiro atoms. The number of terminal acetylenes is 1. The van der Waals surface area contributed by atoms with Crippen molar-refractivity contribution in [3.8, 4) is 12.3 Å². The van der Waals surface area contributed by atoms with Crippen molar-refractivity contribution in [1.82, 2.24) is 0 Å². The zero-order valence-corrected chi connectivity index (χ0v) is 8.00. The van der Waals surface area contributed by atoms with Gasteiger partial charge < -0.3 is 0 Å². The first kappa shape index (κ1) is 8.40. The fraction of sp³-hybridized carbons (Fsp3) is 0.200. The van der Waals surface area contributed by atoms with Gasteiger partial charge in [0.2, 0.25) is 0 Å². The van der Waals surface area contributed by atoms with Gasteiger partial charge in [0.15, 0.2) is 0 Å². The van der Waals surface area contributed by atoms with E-state index in [9.17, 15) is 0 Å². The van der Waals surface area contributed by atoms with E-state index < -0.39 is 0 Å². The Morgan fingerprint density at radius 3 is 2.64 bits per heavy atom. The predicted molar refractivity (Wildman–Crippen MR) is 49.5 cm³/mol. The molecule has 0 aromatic heterocycles. The van der Waals surface area contributed by atoms with Crippen LogP contribution in [0.2, 0.25) is 5.32 Å². The van der Waals surface area contributed by atoms with Crippen molar-refractivity contribution in [3.05, 3.63) is 35.9 Å². The molecule has 0 unspecified atom stereocenters. The maximum absolute atomic E-state index is 5.16. The van der Waals surface area contributed by atoms with E-state index in [0.717, 1.165) is 10.6 Å². The number of hydrogen-bond donors (Lipinski definition) is 0. The molecular formula is C10H10Se. The van der Waals surface area contributed by atoms with E-state index in [2.05, 4.69) is 30.2 Å². The van der Waals surface area contributed by atoms with E-state index in [1.807, 2.05) is 6.07 Å². The van der Waals surface area contributed by atoms with Crippen LogP contribution in [0, 0.1) is 12.3 Å². The average Bonchev–Trinajstić information content (AvgIpc) is 2.07. The fourth-order valence-corrected chi connectivity index (χ4v) is 2.16. The summed E-state index contributed by atoms with van der Waals surface area (Å²) in [6.07, 6.45) is 5.16. The second-order valence-corrected chi connectivity index (χ2v) is 4.25. The summed E-state index contributed by atoms with van der Waals surface area (Å²) >= 11 is 0.593. The van der Waals surface area contributed by atoms with Crippen molar-refractivity contribution in [2.45, 2.75) is 10.6 Å². The van der Waals surface area contributed by atoms with Crippen LogP contribution in [0.1, 0.15) is 5.56 Å². The zero-order valence-electron chi connectivity index (χ0n) is 6.29. The van der Waals surface area contributed by atoms with Gasteiger partial charge in [0.25, 0.3) is 0 Å². The fourth-order valence-electron chi connectivity index (χ4n) is 0.802. The van der Waals surface area contributed by atoms with Gasteiger partial charge in [0.05, 0.1) is 0 Å². The van der Waals surface area contributed by atoms with Crippen LogP contribution in [0.4, 0.5) is 0 Å². The molecule has 0 aliphatic rings. The van der Waals surface area contributed by atoms with Gasteiger partial charge in [-0.25, -0.2) is 0 Å². The first-order valence-corrected chi connectivity index (χ1v) is 5.91. The van der Waals surface area contributed by atoms with Crippen LogP contribution in [-0.2, 0) is 5.32 Å². The maximum atomic E-state index is 5.16. The van der Waals surface area contributed by atoms with Gasteiger partial charge in [0.1, 0.15) is 0 Å². The van der Waals surface area contributed by atoms with Crippen LogP contribution in [0.15, 0.2) is 30.3 Å². The minimum absolute atomic E-state index is 0.593. The van der Waals surface area contributed by atoms with Gasteiger partial charge in [-0.1, -0.05) is 0 Å². The molecule has 1 aromatic carbocycles. The molecule has 56 valence electrons. The number of benzene rings is 1. The van der Waals surface area contributed by atoms with E-state index in [1.165, 1.54) is 5.56 Å². The molecule has 0 aliphatic heterocycles. The Bertz CT molecular complexity index is 233. The molecule has 0 aliphatic carbocycles. The minimum atomic E-state index is 0.593. The molecule has 1 heteroatoms. The zero-order chi connectivity index (χ0) is 7.94. The molecule has 0 fully saturated rings. The Morgan fingerprint density at radius 2 is 2.00 bits per heavy atom. The van der Waals surface area contributed by atoms with Crippen molar-refractivity contribution in [1.29, 1.82) is 0 Å².